The number of thiocarbonyl (C=S) groups is 1. The van der Waals surface area contributed by atoms with Gasteiger partial charge >= 0.3 is 6.09 Å². The highest BCUT2D eigenvalue weighted by atomic mass is 32.2. The molecular formula is C18H26N4O4S2. The van der Waals surface area contributed by atoms with Crippen molar-refractivity contribution >= 4 is 44.7 Å². The van der Waals surface area contributed by atoms with E-state index in [1.165, 1.54) is 0 Å². The molecule has 2 saturated heterocycles. The zero-order valence-corrected chi connectivity index (χ0v) is 17.8. The normalized spacial score (nSPS) is 20.9. The van der Waals surface area contributed by atoms with E-state index in [1.807, 2.05) is 24.3 Å². The molecule has 0 aliphatic carbocycles. The van der Waals surface area contributed by atoms with Crippen molar-refractivity contribution in [1.82, 2.24) is 9.62 Å². The molecule has 2 aliphatic rings. The number of benzene rings is 1. The number of carbonyl (C=O) groups is 1. The molecule has 0 bridgehead atoms. The zero-order valence-electron chi connectivity index (χ0n) is 16.1. The van der Waals surface area contributed by atoms with E-state index in [4.69, 9.17) is 17.0 Å². The van der Waals surface area contributed by atoms with Crippen LogP contribution in [-0.2, 0) is 14.8 Å². The summed E-state index contributed by atoms with van der Waals surface area (Å²) in [7, 11) is -3.13. The SMILES string of the molecule is CCS(=O)(=O)N1CCN(c2ccc(N3CC(CNC(C)=S)OC3=O)cc2)CC1. The van der Waals surface area contributed by atoms with Gasteiger partial charge in [0.1, 0.15) is 6.10 Å². The molecule has 0 spiro atoms. The van der Waals surface area contributed by atoms with Gasteiger partial charge in [0.25, 0.3) is 0 Å². The second kappa shape index (κ2) is 8.62. The molecule has 1 aromatic rings. The second-order valence-corrected chi connectivity index (χ2v) is 9.73. The van der Waals surface area contributed by atoms with Crippen molar-refractivity contribution < 1.29 is 17.9 Å². The zero-order chi connectivity index (χ0) is 20.3. The third kappa shape index (κ3) is 4.73. The van der Waals surface area contributed by atoms with Crippen molar-refractivity contribution in [2.45, 2.75) is 20.0 Å². The summed E-state index contributed by atoms with van der Waals surface area (Å²) < 4.78 is 30.9. The Morgan fingerprint density at radius 2 is 1.79 bits per heavy atom. The number of nitrogens with one attached hydrogen (secondary N) is 1. The van der Waals surface area contributed by atoms with Crippen molar-refractivity contribution in [2.24, 2.45) is 0 Å². The number of cyclic esters (lactones) is 1. The summed E-state index contributed by atoms with van der Waals surface area (Å²) in [5.41, 5.74) is 1.79. The standard InChI is InChI=1S/C18H26N4O4S2/c1-3-28(24,25)21-10-8-20(9-11-21)15-4-6-16(7-5-15)22-13-17(26-18(22)23)12-19-14(2)27/h4-7,17H,3,8-13H2,1-2H3,(H,19,27). The van der Waals surface area contributed by atoms with Gasteiger partial charge in [-0.1, -0.05) is 12.2 Å². The van der Waals surface area contributed by atoms with Crippen molar-refractivity contribution in [3.8, 4) is 0 Å². The van der Waals surface area contributed by atoms with Gasteiger partial charge in [0.2, 0.25) is 10.0 Å². The lowest BCUT2D eigenvalue weighted by atomic mass is 10.2. The Balaban J connectivity index is 1.59. The summed E-state index contributed by atoms with van der Waals surface area (Å²) in [6.07, 6.45) is -0.598. The van der Waals surface area contributed by atoms with Gasteiger partial charge in [-0.2, -0.15) is 4.31 Å². The fraction of sp³-hybridized carbons (Fsp3) is 0.556. The topological polar surface area (TPSA) is 82.2 Å². The lowest BCUT2D eigenvalue weighted by Gasteiger charge is -2.35. The minimum absolute atomic E-state index is 0.133. The predicted octanol–water partition coefficient (Wildman–Crippen LogP) is 1.42. The number of anilines is 2. The molecule has 2 fully saturated rings. The third-order valence-corrected chi connectivity index (χ3v) is 7.00. The van der Waals surface area contributed by atoms with Gasteiger partial charge < -0.3 is 15.0 Å². The summed E-state index contributed by atoms with van der Waals surface area (Å²) in [5.74, 6) is 0.133. The fourth-order valence-corrected chi connectivity index (χ4v) is 4.51. The number of piperazine rings is 1. The molecule has 8 nitrogen and oxygen atoms in total. The number of sulfonamides is 1. The lowest BCUT2D eigenvalue weighted by molar-refractivity contribution is 0.143. The number of carbonyl (C=O) groups excluding carboxylic acids is 1. The van der Waals surface area contributed by atoms with Gasteiger partial charge in [0, 0.05) is 37.6 Å². The average molecular weight is 427 g/mol. The van der Waals surface area contributed by atoms with Crippen molar-refractivity contribution in [3.05, 3.63) is 24.3 Å². The lowest BCUT2D eigenvalue weighted by Crippen LogP contribution is -2.49. The van der Waals surface area contributed by atoms with Crippen LogP contribution in [0.3, 0.4) is 0 Å². The number of hydrogen-bond acceptors (Lipinski definition) is 6. The van der Waals surface area contributed by atoms with Crippen molar-refractivity contribution in [2.75, 3.05) is 54.8 Å². The molecule has 3 rings (SSSR count). The molecule has 1 atom stereocenters. The maximum Gasteiger partial charge on any atom is 0.414 e. The number of hydrogen-bond donors (Lipinski definition) is 1. The Hall–Kier alpha value is -1.91. The molecule has 1 amide bonds. The summed E-state index contributed by atoms with van der Waals surface area (Å²) in [4.78, 5) is 16.6. The van der Waals surface area contributed by atoms with Crippen LogP contribution < -0.4 is 15.1 Å². The van der Waals surface area contributed by atoms with Crippen LogP contribution in [0.4, 0.5) is 16.2 Å². The molecule has 2 aliphatic heterocycles. The highest BCUT2D eigenvalue weighted by Gasteiger charge is 2.32. The molecule has 28 heavy (non-hydrogen) atoms. The monoisotopic (exact) mass is 426 g/mol. The summed E-state index contributed by atoms with van der Waals surface area (Å²) in [5, 5.41) is 3.02. The van der Waals surface area contributed by atoms with Gasteiger partial charge in [-0.05, 0) is 38.1 Å². The maximum absolute atomic E-state index is 12.1. The van der Waals surface area contributed by atoms with E-state index in [-0.39, 0.29) is 18.0 Å². The van der Waals surface area contributed by atoms with Crippen LogP contribution in [0.5, 0.6) is 0 Å². The number of nitrogens with zero attached hydrogens (tertiary/aromatic N) is 3. The quantitative estimate of drug-likeness (QED) is 0.689. The smallest absolute Gasteiger partial charge is 0.414 e. The van der Waals surface area contributed by atoms with Gasteiger partial charge in [-0.3, -0.25) is 4.90 Å². The van der Waals surface area contributed by atoms with E-state index < -0.39 is 10.0 Å². The van der Waals surface area contributed by atoms with Crippen LogP contribution in [0.1, 0.15) is 13.8 Å². The Morgan fingerprint density at radius 1 is 1.18 bits per heavy atom. The molecule has 2 heterocycles. The third-order valence-electron chi connectivity index (χ3n) is 4.98. The van der Waals surface area contributed by atoms with E-state index in [0.717, 1.165) is 11.4 Å². The first-order valence-corrected chi connectivity index (χ1v) is 11.4. The van der Waals surface area contributed by atoms with E-state index in [2.05, 4.69) is 10.2 Å². The minimum atomic E-state index is -3.13. The fourth-order valence-electron chi connectivity index (χ4n) is 3.35. The molecule has 0 saturated carbocycles. The van der Waals surface area contributed by atoms with Crippen LogP contribution in [0.25, 0.3) is 0 Å². The molecule has 0 radical (unpaired) electrons. The Morgan fingerprint density at radius 3 is 2.36 bits per heavy atom. The van der Waals surface area contributed by atoms with Crippen molar-refractivity contribution in [3.63, 3.8) is 0 Å². The van der Waals surface area contributed by atoms with Crippen molar-refractivity contribution in [1.29, 1.82) is 0 Å². The molecule has 0 aromatic heterocycles. The van der Waals surface area contributed by atoms with Gasteiger partial charge in [0.15, 0.2) is 0 Å². The number of amides is 1. The minimum Gasteiger partial charge on any atom is -0.442 e. The summed E-state index contributed by atoms with van der Waals surface area (Å²) in [6, 6.07) is 7.71. The van der Waals surface area contributed by atoms with Crippen LogP contribution in [0.2, 0.25) is 0 Å². The van der Waals surface area contributed by atoms with Crippen LogP contribution in [0, 0.1) is 0 Å². The number of rotatable bonds is 6. The first-order chi connectivity index (χ1) is 13.3. The summed E-state index contributed by atoms with van der Waals surface area (Å²) >= 11 is 4.99. The van der Waals surface area contributed by atoms with Crippen LogP contribution >= 0.6 is 12.2 Å². The second-order valence-electron chi connectivity index (χ2n) is 6.86. The highest BCUT2D eigenvalue weighted by molar-refractivity contribution is 7.89. The molecule has 1 N–H and O–H groups in total. The number of ether oxygens (including phenoxy) is 1. The van der Waals surface area contributed by atoms with Crippen LogP contribution in [-0.4, -0.2) is 74.9 Å². The van der Waals surface area contributed by atoms with E-state index in [0.29, 0.717) is 44.3 Å². The summed E-state index contributed by atoms with van der Waals surface area (Å²) in [6.45, 7) is 6.71. The maximum atomic E-state index is 12.1. The van der Waals surface area contributed by atoms with Gasteiger partial charge in [0.05, 0.1) is 23.8 Å². The Labute approximate surface area is 171 Å². The van der Waals surface area contributed by atoms with E-state index >= 15 is 0 Å². The highest BCUT2D eigenvalue weighted by Crippen LogP contribution is 2.25. The Bertz CT molecular complexity index is 820. The van der Waals surface area contributed by atoms with Gasteiger partial charge in [-0.25, -0.2) is 13.2 Å². The van der Waals surface area contributed by atoms with Crippen LogP contribution in [0.15, 0.2) is 24.3 Å². The first-order valence-electron chi connectivity index (χ1n) is 9.35. The molecule has 1 aromatic carbocycles. The first kappa shape index (κ1) is 20.8. The van der Waals surface area contributed by atoms with Gasteiger partial charge in [-0.15, -0.1) is 0 Å². The largest absolute Gasteiger partial charge is 0.442 e. The average Bonchev–Trinajstić information content (AvgIpc) is 3.07. The predicted molar refractivity (Wildman–Crippen MR) is 114 cm³/mol. The van der Waals surface area contributed by atoms with E-state index in [1.54, 1.807) is 23.1 Å². The molecule has 10 heteroatoms. The van der Waals surface area contributed by atoms with E-state index in [9.17, 15) is 13.2 Å². The molecule has 154 valence electrons. The molecular weight excluding hydrogens is 400 g/mol. The molecule has 1 unspecified atom stereocenters. The Kier molecular flexibility index (Phi) is 6.41.